The Morgan fingerprint density at radius 1 is 1.48 bits per heavy atom. The summed E-state index contributed by atoms with van der Waals surface area (Å²) in [6, 6.07) is 1.29. The molecular formula is C12H11FN2O6. The van der Waals surface area contributed by atoms with Gasteiger partial charge in [0.15, 0.2) is 6.04 Å². The summed E-state index contributed by atoms with van der Waals surface area (Å²) < 4.78 is 18.1. The summed E-state index contributed by atoms with van der Waals surface area (Å²) >= 11 is 0. The van der Waals surface area contributed by atoms with Crippen molar-refractivity contribution in [2.24, 2.45) is 0 Å². The van der Waals surface area contributed by atoms with Gasteiger partial charge < -0.3 is 14.7 Å². The molecule has 0 aromatic heterocycles. The van der Waals surface area contributed by atoms with Gasteiger partial charge in [0.05, 0.1) is 24.2 Å². The number of halogens is 1. The Morgan fingerprint density at radius 2 is 2.19 bits per heavy atom. The average molecular weight is 298 g/mol. The van der Waals surface area contributed by atoms with Crippen molar-refractivity contribution in [3.8, 4) is 0 Å². The molecule has 1 heterocycles. The molecule has 1 amide bonds. The number of carbonyl (C=O) groups excluding carboxylic acids is 1. The van der Waals surface area contributed by atoms with E-state index < -0.39 is 34.3 Å². The Morgan fingerprint density at radius 3 is 2.81 bits per heavy atom. The van der Waals surface area contributed by atoms with Crippen molar-refractivity contribution >= 4 is 17.6 Å². The number of hydrogen-bond donors (Lipinski definition) is 1. The predicted molar refractivity (Wildman–Crippen MR) is 66.3 cm³/mol. The fraction of sp³-hybridized carbons (Fsp3) is 0.333. The summed E-state index contributed by atoms with van der Waals surface area (Å²) in [7, 11) is 0. The highest BCUT2D eigenvalue weighted by Gasteiger charge is 2.35. The Labute approximate surface area is 117 Å². The number of nitro groups is 1. The summed E-state index contributed by atoms with van der Waals surface area (Å²) in [5.74, 6) is -2.96. The van der Waals surface area contributed by atoms with Crippen LogP contribution in [-0.4, -0.2) is 52.6 Å². The number of ether oxygens (including phenoxy) is 1. The van der Waals surface area contributed by atoms with Gasteiger partial charge in [-0.1, -0.05) is 0 Å². The molecule has 1 aliphatic heterocycles. The van der Waals surface area contributed by atoms with E-state index in [0.717, 1.165) is 17.0 Å². The lowest BCUT2D eigenvalue weighted by atomic mass is 10.1. The third kappa shape index (κ3) is 2.97. The Bertz CT molecular complexity index is 605. The van der Waals surface area contributed by atoms with Crippen molar-refractivity contribution in [3.63, 3.8) is 0 Å². The lowest BCUT2D eigenvalue weighted by Gasteiger charge is -2.32. The number of carbonyl (C=O) groups is 2. The van der Waals surface area contributed by atoms with Gasteiger partial charge in [0.25, 0.3) is 11.6 Å². The molecule has 9 heteroatoms. The molecule has 0 saturated carbocycles. The van der Waals surface area contributed by atoms with Gasteiger partial charge in [0.2, 0.25) is 0 Å². The minimum atomic E-state index is -1.27. The quantitative estimate of drug-likeness (QED) is 0.648. The van der Waals surface area contributed by atoms with Crippen LogP contribution < -0.4 is 0 Å². The van der Waals surface area contributed by atoms with Gasteiger partial charge in [-0.2, -0.15) is 0 Å². The molecular weight excluding hydrogens is 287 g/mol. The highest BCUT2D eigenvalue weighted by atomic mass is 19.1. The highest BCUT2D eigenvalue weighted by Crippen LogP contribution is 2.23. The molecule has 0 radical (unpaired) electrons. The lowest BCUT2D eigenvalue weighted by molar-refractivity contribution is -0.385. The van der Waals surface area contributed by atoms with E-state index >= 15 is 0 Å². The van der Waals surface area contributed by atoms with Gasteiger partial charge in [-0.25, -0.2) is 9.18 Å². The van der Waals surface area contributed by atoms with Crippen LogP contribution in [0.3, 0.4) is 0 Å². The molecule has 1 unspecified atom stereocenters. The van der Waals surface area contributed by atoms with Crippen LogP contribution in [0.4, 0.5) is 10.1 Å². The summed E-state index contributed by atoms with van der Waals surface area (Å²) in [5, 5.41) is 20.0. The van der Waals surface area contributed by atoms with E-state index in [2.05, 4.69) is 0 Å². The number of morpholine rings is 1. The van der Waals surface area contributed by atoms with Gasteiger partial charge in [-0.05, 0) is 12.1 Å². The van der Waals surface area contributed by atoms with Gasteiger partial charge in [-0.15, -0.1) is 0 Å². The largest absolute Gasteiger partial charge is 0.480 e. The topological polar surface area (TPSA) is 110 Å². The summed E-state index contributed by atoms with van der Waals surface area (Å²) in [4.78, 5) is 34.4. The number of nitro benzene ring substituents is 1. The van der Waals surface area contributed by atoms with Crippen LogP contribution in [0, 0.1) is 15.9 Å². The first-order valence-corrected chi connectivity index (χ1v) is 5.97. The Hall–Kier alpha value is -2.55. The van der Waals surface area contributed by atoms with Crippen molar-refractivity contribution in [1.29, 1.82) is 0 Å². The molecule has 1 atom stereocenters. The zero-order valence-corrected chi connectivity index (χ0v) is 10.7. The van der Waals surface area contributed by atoms with Crippen molar-refractivity contribution in [1.82, 2.24) is 4.90 Å². The number of aliphatic carboxylic acids is 1. The first-order chi connectivity index (χ1) is 9.91. The van der Waals surface area contributed by atoms with E-state index in [1.165, 1.54) is 0 Å². The van der Waals surface area contributed by atoms with E-state index in [1.54, 1.807) is 0 Å². The number of carboxylic acid groups (broad SMARTS) is 1. The van der Waals surface area contributed by atoms with Gasteiger partial charge in [0, 0.05) is 6.54 Å². The van der Waals surface area contributed by atoms with Gasteiger partial charge in [0.1, 0.15) is 11.4 Å². The summed E-state index contributed by atoms with van der Waals surface area (Å²) in [5.41, 5.74) is -1.05. The molecule has 0 spiro atoms. The molecule has 21 heavy (non-hydrogen) atoms. The average Bonchev–Trinajstić information content (AvgIpc) is 2.46. The number of hydrogen-bond acceptors (Lipinski definition) is 5. The fourth-order valence-corrected chi connectivity index (χ4v) is 2.04. The van der Waals surface area contributed by atoms with Crippen molar-refractivity contribution in [2.45, 2.75) is 6.04 Å². The third-order valence-electron chi connectivity index (χ3n) is 3.06. The summed E-state index contributed by atoms with van der Waals surface area (Å²) in [6.07, 6.45) is 0. The standard InChI is InChI=1S/C12H11FN2O6/c13-7-1-2-8(9(5-7)15(19)20)11(16)14-3-4-21-6-10(14)12(17)18/h1-2,5,10H,3-4,6H2,(H,17,18). The maximum Gasteiger partial charge on any atom is 0.328 e. The van der Waals surface area contributed by atoms with Crippen molar-refractivity contribution < 1.29 is 28.7 Å². The molecule has 2 rings (SSSR count). The van der Waals surface area contributed by atoms with Crippen LogP contribution in [0.15, 0.2) is 18.2 Å². The van der Waals surface area contributed by atoms with Gasteiger partial charge >= 0.3 is 5.97 Å². The number of carboxylic acids is 1. The van der Waals surface area contributed by atoms with E-state index in [4.69, 9.17) is 9.84 Å². The van der Waals surface area contributed by atoms with Crippen LogP contribution in [0.25, 0.3) is 0 Å². The lowest BCUT2D eigenvalue weighted by Crippen LogP contribution is -2.52. The Balaban J connectivity index is 2.39. The number of rotatable bonds is 3. The molecule has 1 aromatic carbocycles. The molecule has 8 nitrogen and oxygen atoms in total. The molecule has 112 valence electrons. The minimum absolute atomic E-state index is 0.00959. The van der Waals surface area contributed by atoms with E-state index in [9.17, 15) is 24.1 Å². The first kappa shape index (κ1) is 14.9. The summed E-state index contributed by atoms with van der Waals surface area (Å²) in [6.45, 7) is -0.0785. The van der Waals surface area contributed by atoms with Crippen LogP contribution in [-0.2, 0) is 9.53 Å². The maximum absolute atomic E-state index is 13.1. The molecule has 1 N–H and O–H groups in total. The third-order valence-corrected chi connectivity index (χ3v) is 3.06. The van der Waals surface area contributed by atoms with E-state index in [-0.39, 0.29) is 25.3 Å². The second-order valence-corrected chi connectivity index (χ2v) is 4.35. The second kappa shape index (κ2) is 5.83. The molecule has 0 aliphatic carbocycles. The molecule has 1 fully saturated rings. The monoisotopic (exact) mass is 298 g/mol. The normalized spacial score (nSPS) is 18.3. The Kier molecular flexibility index (Phi) is 4.13. The van der Waals surface area contributed by atoms with Gasteiger partial charge in [-0.3, -0.25) is 14.9 Å². The van der Waals surface area contributed by atoms with Crippen LogP contribution in [0.1, 0.15) is 10.4 Å². The molecule has 0 bridgehead atoms. The second-order valence-electron chi connectivity index (χ2n) is 4.35. The van der Waals surface area contributed by atoms with Crippen molar-refractivity contribution in [3.05, 3.63) is 39.7 Å². The fourth-order valence-electron chi connectivity index (χ4n) is 2.04. The molecule has 1 saturated heterocycles. The van der Waals surface area contributed by atoms with Crippen molar-refractivity contribution in [2.75, 3.05) is 19.8 Å². The SMILES string of the molecule is O=C(O)C1COCCN1C(=O)c1ccc(F)cc1[N+](=O)[O-]. The first-order valence-electron chi connectivity index (χ1n) is 5.97. The smallest absolute Gasteiger partial charge is 0.328 e. The van der Waals surface area contributed by atoms with E-state index in [1.807, 2.05) is 0 Å². The highest BCUT2D eigenvalue weighted by molar-refractivity contribution is 6.00. The number of amides is 1. The molecule has 1 aromatic rings. The van der Waals surface area contributed by atoms with E-state index in [0.29, 0.717) is 6.07 Å². The minimum Gasteiger partial charge on any atom is -0.480 e. The number of benzene rings is 1. The number of nitrogens with zero attached hydrogens (tertiary/aromatic N) is 2. The van der Waals surface area contributed by atoms with Crippen LogP contribution in [0.2, 0.25) is 0 Å². The predicted octanol–water partition coefficient (Wildman–Crippen LogP) is 0.659. The zero-order valence-electron chi connectivity index (χ0n) is 10.7. The zero-order chi connectivity index (χ0) is 15.6. The van der Waals surface area contributed by atoms with Crippen LogP contribution >= 0.6 is 0 Å². The van der Waals surface area contributed by atoms with Crippen LogP contribution in [0.5, 0.6) is 0 Å². The maximum atomic E-state index is 13.1. The molecule has 1 aliphatic rings.